The van der Waals surface area contributed by atoms with Crippen LogP contribution in [-0.4, -0.2) is 142 Å². The van der Waals surface area contributed by atoms with Crippen LogP contribution in [0.25, 0.3) is 77.5 Å². The van der Waals surface area contributed by atoms with Crippen molar-refractivity contribution in [1.29, 1.82) is 0 Å². The molecule has 8 aromatic heterocycles. The molecule has 3 amide bonds. The van der Waals surface area contributed by atoms with Gasteiger partial charge in [-0.25, -0.2) is 25.1 Å². The van der Waals surface area contributed by atoms with Gasteiger partial charge in [-0.05, 0) is 167 Å². The summed E-state index contributed by atoms with van der Waals surface area (Å²) in [5.41, 5.74) is 25.1. The first-order chi connectivity index (χ1) is 51.1. The quantitative estimate of drug-likeness (QED) is 0.0595. The number of aromatic nitrogens is 14. The molecule has 8 N–H and O–H groups in total. The van der Waals surface area contributed by atoms with E-state index in [1.54, 1.807) is 56.0 Å². The summed E-state index contributed by atoms with van der Waals surface area (Å²) in [5, 5.41) is 34.1. The number of para-hydroxylation sites is 1. The van der Waals surface area contributed by atoms with Gasteiger partial charge in [-0.2, -0.15) is 25.5 Å². The summed E-state index contributed by atoms with van der Waals surface area (Å²) >= 11 is 0. The maximum absolute atomic E-state index is 12.8. The maximum atomic E-state index is 12.8. The third-order valence-electron chi connectivity index (χ3n) is 18.6. The van der Waals surface area contributed by atoms with Crippen molar-refractivity contribution in [2.24, 2.45) is 0 Å². The number of carbonyl (C=O) groups excluding carboxylic acids is 3. The predicted molar refractivity (Wildman–Crippen MR) is 396 cm³/mol. The number of hydrogen-bond acceptors (Lipinski definition) is 21. The number of piperidine rings is 3. The second-order valence-corrected chi connectivity index (χ2v) is 25.3. The van der Waals surface area contributed by atoms with E-state index in [9.17, 15) is 24.0 Å². The Bertz CT molecular complexity index is 5540. The number of aryl methyl sites for hydroxylation is 1. The number of nitrogens with zero attached hydrogens (tertiary/aromatic N) is 15. The zero-order valence-electron chi connectivity index (χ0n) is 57.1. The molecule has 3 aliphatic rings. The lowest BCUT2D eigenvalue weighted by molar-refractivity contribution is -0.128. The van der Waals surface area contributed by atoms with Gasteiger partial charge in [0.1, 0.15) is 51.1 Å². The van der Waals surface area contributed by atoms with Gasteiger partial charge in [0, 0.05) is 91.6 Å². The first-order valence-electron chi connectivity index (χ1n) is 34.0. The van der Waals surface area contributed by atoms with E-state index < -0.39 is 5.56 Å². The van der Waals surface area contributed by atoms with E-state index in [-0.39, 0.29) is 59.1 Å². The molecule has 29 nitrogen and oxygen atoms in total. The maximum Gasteiger partial charge on any atom is 0.321 e. The minimum absolute atomic E-state index is 0.0253. The molecule has 3 saturated heterocycles. The van der Waals surface area contributed by atoms with Crippen LogP contribution in [0.1, 0.15) is 62.2 Å². The predicted octanol–water partition coefficient (Wildman–Crippen LogP) is 11.1. The van der Waals surface area contributed by atoms with Crippen LogP contribution in [0.2, 0.25) is 0 Å². The smallest absolute Gasteiger partial charge is 0.321 e. The highest BCUT2D eigenvalue weighted by atomic mass is 16.5. The second-order valence-electron chi connectivity index (χ2n) is 25.3. The van der Waals surface area contributed by atoms with Crippen LogP contribution < -0.4 is 42.5 Å². The fraction of sp³-hybridized carbons (Fsp3) is 0.211. The summed E-state index contributed by atoms with van der Waals surface area (Å²) in [4.78, 5) is 80.0. The van der Waals surface area contributed by atoms with Crippen LogP contribution in [0.15, 0.2) is 204 Å². The van der Waals surface area contributed by atoms with Gasteiger partial charge in [0.2, 0.25) is 23.6 Å². The average Bonchev–Trinajstić information content (AvgIpc) is 1.61. The number of aromatic amines is 2. The average molecular weight is 1410 g/mol. The number of amides is 3. The van der Waals surface area contributed by atoms with Crippen LogP contribution in [0.3, 0.4) is 0 Å². The van der Waals surface area contributed by atoms with Crippen molar-refractivity contribution in [3.63, 3.8) is 0 Å². The normalized spacial score (nSPS) is 15.9. The van der Waals surface area contributed by atoms with Crippen LogP contribution in [-0.2, 0) is 14.4 Å². The van der Waals surface area contributed by atoms with Gasteiger partial charge in [-0.15, -0.1) is 0 Å². The Balaban J connectivity index is 0.000000133. The van der Waals surface area contributed by atoms with Gasteiger partial charge >= 0.3 is 6.01 Å². The van der Waals surface area contributed by atoms with Crippen molar-refractivity contribution < 1.29 is 33.1 Å². The number of H-pyrrole nitrogens is 2. The minimum atomic E-state index is -0.392. The summed E-state index contributed by atoms with van der Waals surface area (Å²) in [6, 6.07) is 41.4. The number of hydrogen-bond donors (Lipinski definition) is 5. The minimum Gasteiger partial charge on any atom is -0.457 e. The molecule has 3 atom stereocenters. The van der Waals surface area contributed by atoms with E-state index in [1.165, 1.54) is 18.2 Å². The van der Waals surface area contributed by atoms with Gasteiger partial charge in [-0.3, -0.25) is 38.0 Å². The highest BCUT2D eigenvalue weighted by Gasteiger charge is 2.32. The first-order valence-corrected chi connectivity index (χ1v) is 34.0. The number of nitrogens with two attached hydrogens (primary N) is 3. The molecule has 16 rings (SSSR count). The number of anilines is 3. The number of pyridine rings is 1. The van der Waals surface area contributed by atoms with Crippen molar-refractivity contribution in [2.45, 2.75) is 63.6 Å². The number of ether oxygens (including phenoxy) is 3. The Kier molecular flexibility index (Phi) is 19.5. The number of nitrogens with one attached hydrogen (secondary N) is 2. The lowest BCUT2D eigenvalue weighted by atomic mass is 10.0. The molecular formula is C76H72N20O9. The molecule has 3 aliphatic heterocycles. The Morgan fingerprint density at radius 1 is 0.505 bits per heavy atom. The monoisotopic (exact) mass is 1410 g/mol. The lowest BCUT2D eigenvalue weighted by Crippen LogP contribution is -2.40. The number of carbonyl (C=O) groups is 3. The Morgan fingerprint density at radius 2 is 0.952 bits per heavy atom. The molecule has 0 saturated carbocycles. The highest BCUT2D eigenvalue weighted by molar-refractivity contribution is 6.05. The SMILES string of the molecule is C=CC(=O)N1CCC[C@@H](n2nc(-c3ccc(Oc4ccccc4)cc3)c3cc4c(N)noc4cc32)C1.C=CC(=O)N1CCC[C@@H](n2nc(-c3ccc(Oc4ncccc4C)cc3)c3c(N)n[nH]c(=O)c32)C1.C=CC(=O)N1CCC[C@@H](n2nc(-c3ccc(Oc4ncccn4)cc3)c3c(N)n[nH]c(=O)c32)C1. The van der Waals surface area contributed by atoms with E-state index in [0.717, 1.165) is 101 Å². The summed E-state index contributed by atoms with van der Waals surface area (Å²) < 4.78 is 28.3. The van der Waals surface area contributed by atoms with Gasteiger partial charge < -0.3 is 50.6 Å². The Labute approximate surface area is 598 Å². The van der Waals surface area contributed by atoms with Gasteiger partial charge in [0.15, 0.2) is 23.0 Å². The van der Waals surface area contributed by atoms with Crippen molar-refractivity contribution >= 4 is 78.9 Å². The summed E-state index contributed by atoms with van der Waals surface area (Å²) in [6.07, 6.45) is 13.8. The van der Waals surface area contributed by atoms with Crippen LogP contribution in [0, 0.1) is 6.92 Å². The number of rotatable bonds is 15. The molecule has 11 heterocycles. The summed E-state index contributed by atoms with van der Waals surface area (Å²) in [5.74, 6) is 3.58. The fourth-order valence-electron chi connectivity index (χ4n) is 13.5. The molecule has 0 spiro atoms. The van der Waals surface area contributed by atoms with Gasteiger partial charge in [0.05, 0.1) is 39.8 Å². The third-order valence-corrected chi connectivity index (χ3v) is 18.6. The van der Waals surface area contributed by atoms with E-state index in [1.807, 2.05) is 132 Å². The van der Waals surface area contributed by atoms with E-state index in [0.29, 0.717) is 94.7 Å². The molecule has 0 unspecified atom stereocenters. The molecule has 105 heavy (non-hydrogen) atoms. The fourth-order valence-corrected chi connectivity index (χ4v) is 13.5. The highest BCUT2D eigenvalue weighted by Crippen LogP contribution is 2.40. The Hall–Kier alpha value is -13.6. The molecule has 0 aliphatic carbocycles. The molecule has 530 valence electrons. The van der Waals surface area contributed by atoms with Gasteiger partial charge in [-0.1, -0.05) is 49.2 Å². The molecule has 0 bridgehead atoms. The second kappa shape index (κ2) is 29.9. The van der Waals surface area contributed by atoms with E-state index >= 15 is 0 Å². The lowest BCUT2D eigenvalue weighted by Gasteiger charge is -2.32. The molecular weight excluding hydrogens is 1340 g/mol. The number of likely N-dealkylation sites (tertiary alicyclic amines) is 3. The van der Waals surface area contributed by atoms with Crippen molar-refractivity contribution in [1.82, 2.24) is 84.5 Å². The van der Waals surface area contributed by atoms with Gasteiger partial charge in [0.25, 0.3) is 11.1 Å². The van der Waals surface area contributed by atoms with Crippen molar-refractivity contribution in [3.8, 4) is 68.7 Å². The Morgan fingerprint density at radius 3 is 1.45 bits per heavy atom. The van der Waals surface area contributed by atoms with E-state index in [4.69, 9.17) is 51.2 Å². The summed E-state index contributed by atoms with van der Waals surface area (Å²) in [6.45, 7) is 16.2. The third kappa shape index (κ3) is 14.3. The van der Waals surface area contributed by atoms with Crippen molar-refractivity contribution in [3.05, 3.63) is 216 Å². The molecule has 3 fully saturated rings. The van der Waals surface area contributed by atoms with Crippen LogP contribution in [0.5, 0.6) is 34.9 Å². The van der Waals surface area contributed by atoms with Crippen LogP contribution in [0.4, 0.5) is 17.5 Å². The number of nitrogen functional groups attached to an aromatic ring is 3. The zero-order valence-corrected chi connectivity index (χ0v) is 57.1. The molecule has 29 heteroatoms. The number of fused-ring (bicyclic) bond motifs is 4. The molecule has 13 aromatic rings. The van der Waals surface area contributed by atoms with E-state index in [2.05, 4.69) is 60.2 Å². The molecule has 0 radical (unpaired) electrons. The number of benzene rings is 5. The first kappa shape index (κ1) is 68.5. The van der Waals surface area contributed by atoms with Crippen LogP contribution >= 0.6 is 0 Å². The molecule has 5 aromatic carbocycles. The largest absolute Gasteiger partial charge is 0.457 e. The zero-order chi connectivity index (χ0) is 72.8. The standard InChI is InChI=1S/C28H25N5O3.C25H25N7O3.C23H22N8O3/c1-2-26(34)32-14-6-7-19(17-32)33-24-16-25-23(28(29)31-36-25)15-22(24)27(30-33)18-10-12-21(13-11-18)35-20-8-4-3-5-9-20;1-3-19(33)31-13-5-7-17(14-31)32-22-20(23(26)28-29-24(22)34)21(30-32)16-8-10-18(11-9-16)35-25-15(2)6-4-12-27-25;1-2-17(32)30-12-3-5-15(13-30)31-20-18(21(24)27-28-22(20)33)19(29-31)14-6-8-16(9-7-14)34-23-25-10-4-11-26-23/h2-5,8-13,15-16,19H,1,6-7,14,17H2,(H2,29,31);3-4,6,8-12,17H,1,5,7,13-14H2,2H3,(H2,26,28)(H,29,34);2,4,6-11,15H,1,3,5,12-13H2,(H2,24,27)(H,28,33)/t19-;17-;15-/m111/s1. The van der Waals surface area contributed by atoms with Crippen molar-refractivity contribution in [2.75, 3.05) is 56.5 Å². The summed E-state index contributed by atoms with van der Waals surface area (Å²) in [7, 11) is 0. The topological polar surface area (TPSA) is 376 Å².